The van der Waals surface area contributed by atoms with Crippen LogP contribution < -0.4 is 5.32 Å². The summed E-state index contributed by atoms with van der Waals surface area (Å²) in [5, 5.41) is 2.65. The second-order valence-electron chi connectivity index (χ2n) is 4.19. The van der Waals surface area contributed by atoms with Crippen molar-refractivity contribution >= 4 is 50.4 Å². The summed E-state index contributed by atoms with van der Waals surface area (Å²) in [5.41, 5.74) is -0.543. The molecule has 1 aromatic rings. The summed E-state index contributed by atoms with van der Waals surface area (Å²) in [7, 11) is 1.29. The zero-order chi connectivity index (χ0) is 13.9. The van der Waals surface area contributed by atoms with Crippen LogP contribution in [0.5, 0.6) is 0 Å². The van der Waals surface area contributed by atoms with E-state index in [1.165, 1.54) is 7.11 Å². The number of carbonyl (C=O) groups is 2. The van der Waals surface area contributed by atoms with Gasteiger partial charge in [-0.15, -0.1) is 0 Å². The lowest BCUT2D eigenvalue weighted by atomic mass is 10.1. The number of halogens is 2. The number of hydrogen-bond donors (Lipinski definition) is 1. The molecule has 1 N–H and O–H groups in total. The van der Waals surface area contributed by atoms with Crippen molar-refractivity contribution in [1.82, 2.24) is 5.32 Å². The van der Waals surface area contributed by atoms with E-state index in [1.54, 1.807) is 19.9 Å². The number of benzene rings is 1. The molecule has 0 aliphatic rings. The summed E-state index contributed by atoms with van der Waals surface area (Å²) >= 11 is 5.38. The van der Waals surface area contributed by atoms with Crippen LogP contribution in [0.15, 0.2) is 22.7 Å². The van der Waals surface area contributed by atoms with Crippen molar-refractivity contribution in [3.63, 3.8) is 0 Å². The highest BCUT2D eigenvalue weighted by Gasteiger charge is 2.31. The molecular weight excluding hydrogens is 413 g/mol. The third kappa shape index (κ3) is 3.68. The lowest BCUT2D eigenvalue weighted by molar-refractivity contribution is -0.146. The molecule has 1 rings (SSSR count). The fourth-order valence-electron chi connectivity index (χ4n) is 1.33. The van der Waals surface area contributed by atoms with Gasteiger partial charge < -0.3 is 10.1 Å². The van der Waals surface area contributed by atoms with Crippen molar-refractivity contribution < 1.29 is 14.3 Å². The van der Waals surface area contributed by atoms with E-state index in [1.807, 2.05) is 12.1 Å². The van der Waals surface area contributed by atoms with Crippen LogP contribution in [0.4, 0.5) is 0 Å². The third-order valence-corrected chi connectivity index (χ3v) is 3.73. The normalized spacial score (nSPS) is 10.9. The summed E-state index contributed by atoms with van der Waals surface area (Å²) < 4.78 is 6.26. The van der Waals surface area contributed by atoms with Crippen LogP contribution in [0.3, 0.4) is 0 Å². The molecule has 0 unspecified atom stereocenters. The largest absolute Gasteiger partial charge is 0.467 e. The van der Waals surface area contributed by atoms with E-state index in [4.69, 9.17) is 0 Å². The Bertz CT molecular complexity index is 488. The van der Waals surface area contributed by atoms with E-state index >= 15 is 0 Å². The van der Waals surface area contributed by atoms with Crippen LogP contribution in [0.1, 0.15) is 24.2 Å². The van der Waals surface area contributed by atoms with E-state index in [0.717, 1.165) is 8.04 Å². The van der Waals surface area contributed by atoms with Gasteiger partial charge in [-0.05, 0) is 54.6 Å². The Hall–Kier alpha value is -0.630. The van der Waals surface area contributed by atoms with Crippen molar-refractivity contribution in [3.8, 4) is 0 Å². The van der Waals surface area contributed by atoms with E-state index < -0.39 is 11.5 Å². The van der Waals surface area contributed by atoms with Crippen molar-refractivity contribution in [2.45, 2.75) is 19.4 Å². The smallest absolute Gasteiger partial charge is 0.330 e. The first-order valence-corrected chi connectivity index (χ1v) is 7.01. The minimum Gasteiger partial charge on any atom is -0.467 e. The molecular formula is C12H13BrINO3. The molecule has 0 spiro atoms. The SMILES string of the molecule is COC(=O)C(C)(C)NC(=O)c1cc(Br)ccc1I. The molecule has 0 fully saturated rings. The number of carbonyl (C=O) groups excluding carboxylic acids is 2. The molecule has 0 aromatic heterocycles. The third-order valence-electron chi connectivity index (χ3n) is 2.29. The lowest BCUT2D eigenvalue weighted by Crippen LogP contribution is -2.50. The molecule has 0 atom stereocenters. The molecule has 0 radical (unpaired) electrons. The number of amides is 1. The molecule has 0 saturated heterocycles. The average Bonchev–Trinajstić information content (AvgIpc) is 2.30. The predicted octanol–water partition coefficient (Wildman–Crippen LogP) is 2.74. The second-order valence-corrected chi connectivity index (χ2v) is 6.27. The predicted molar refractivity (Wildman–Crippen MR) is 80.4 cm³/mol. The van der Waals surface area contributed by atoms with Crippen LogP contribution in [-0.4, -0.2) is 24.5 Å². The summed E-state index contributed by atoms with van der Waals surface area (Å²) in [6.45, 7) is 3.20. The Morgan fingerprint density at radius 3 is 2.56 bits per heavy atom. The molecule has 98 valence electrons. The van der Waals surface area contributed by atoms with Crippen molar-refractivity contribution in [3.05, 3.63) is 31.8 Å². The topological polar surface area (TPSA) is 55.4 Å². The number of nitrogens with one attached hydrogen (secondary N) is 1. The minimum atomic E-state index is -1.06. The minimum absolute atomic E-state index is 0.309. The fourth-order valence-corrected chi connectivity index (χ4v) is 2.27. The first-order valence-electron chi connectivity index (χ1n) is 5.14. The Labute approximate surface area is 128 Å². The molecule has 0 heterocycles. The molecule has 0 saturated carbocycles. The van der Waals surface area contributed by atoms with E-state index in [2.05, 4.69) is 48.6 Å². The quantitative estimate of drug-likeness (QED) is 0.598. The summed E-state index contributed by atoms with van der Waals surface area (Å²) in [4.78, 5) is 23.6. The molecule has 0 aliphatic heterocycles. The number of ether oxygens (including phenoxy) is 1. The van der Waals surface area contributed by atoms with Gasteiger partial charge in [0.1, 0.15) is 5.54 Å². The average molecular weight is 426 g/mol. The van der Waals surface area contributed by atoms with Gasteiger partial charge >= 0.3 is 5.97 Å². The van der Waals surface area contributed by atoms with Gasteiger partial charge in [-0.2, -0.15) is 0 Å². The highest BCUT2D eigenvalue weighted by atomic mass is 127. The van der Waals surface area contributed by atoms with Gasteiger partial charge in [0.15, 0.2) is 0 Å². The zero-order valence-corrected chi connectivity index (χ0v) is 14.0. The van der Waals surface area contributed by atoms with Crippen molar-refractivity contribution in [1.29, 1.82) is 0 Å². The summed E-state index contributed by atoms with van der Waals surface area (Å²) in [5.74, 6) is -0.794. The van der Waals surface area contributed by atoms with Crippen molar-refractivity contribution in [2.75, 3.05) is 7.11 Å². The monoisotopic (exact) mass is 425 g/mol. The number of hydrogen-bond acceptors (Lipinski definition) is 3. The van der Waals surface area contributed by atoms with Gasteiger partial charge in [-0.25, -0.2) is 4.79 Å². The Balaban J connectivity index is 2.95. The Morgan fingerprint density at radius 2 is 2.00 bits per heavy atom. The van der Waals surface area contributed by atoms with Crippen molar-refractivity contribution in [2.24, 2.45) is 0 Å². The van der Waals surface area contributed by atoms with Crippen LogP contribution in [-0.2, 0) is 9.53 Å². The highest BCUT2D eigenvalue weighted by molar-refractivity contribution is 14.1. The maximum Gasteiger partial charge on any atom is 0.330 e. The van der Waals surface area contributed by atoms with Gasteiger partial charge in [-0.1, -0.05) is 15.9 Å². The summed E-state index contributed by atoms with van der Waals surface area (Å²) in [6, 6.07) is 5.39. The van der Waals surface area contributed by atoms with Gasteiger partial charge in [0, 0.05) is 8.04 Å². The first kappa shape index (κ1) is 15.4. The molecule has 1 aromatic carbocycles. The molecule has 0 bridgehead atoms. The zero-order valence-electron chi connectivity index (χ0n) is 10.2. The molecule has 4 nitrogen and oxygen atoms in total. The van der Waals surface area contributed by atoms with E-state index in [-0.39, 0.29) is 5.91 Å². The molecule has 1 amide bonds. The molecule has 18 heavy (non-hydrogen) atoms. The van der Waals surface area contributed by atoms with Gasteiger partial charge in [0.25, 0.3) is 5.91 Å². The number of rotatable bonds is 3. The van der Waals surface area contributed by atoms with E-state index in [0.29, 0.717) is 5.56 Å². The number of methoxy groups -OCH3 is 1. The van der Waals surface area contributed by atoms with Crippen LogP contribution >= 0.6 is 38.5 Å². The first-order chi connectivity index (χ1) is 8.27. The maximum absolute atomic E-state index is 12.1. The molecule has 6 heteroatoms. The maximum atomic E-state index is 12.1. The van der Waals surface area contributed by atoms with Gasteiger partial charge in [0.2, 0.25) is 0 Å². The standard InChI is InChI=1S/C12H13BrINO3/c1-12(2,11(17)18-3)15-10(16)8-6-7(13)4-5-9(8)14/h4-6H,1-3H3,(H,15,16). The summed E-state index contributed by atoms with van der Waals surface area (Å²) in [6.07, 6.45) is 0. The fraction of sp³-hybridized carbons (Fsp3) is 0.333. The number of esters is 1. The van der Waals surface area contributed by atoms with Crippen LogP contribution in [0.25, 0.3) is 0 Å². The van der Waals surface area contributed by atoms with Gasteiger partial charge in [-0.3, -0.25) is 4.79 Å². The highest BCUT2D eigenvalue weighted by Crippen LogP contribution is 2.19. The van der Waals surface area contributed by atoms with Crippen LogP contribution in [0.2, 0.25) is 0 Å². The van der Waals surface area contributed by atoms with Gasteiger partial charge in [0.05, 0.1) is 12.7 Å². The Morgan fingerprint density at radius 1 is 1.39 bits per heavy atom. The molecule has 0 aliphatic carbocycles. The Kier molecular flexibility index (Phi) is 5.15. The van der Waals surface area contributed by atoms with Crippen LogP contribution in [0, 0.1) is 3.57 Å². The van der Waals surface area contributed by atoms with E-state index in [9.17, 15) is 9.59 Å². The lowest BCUT2D eigenvalue weighted by Gasteiger charge is -2.23. The second kappa shape index (κ2) is 6.01.